The summed E-state index contributed by atoms with van der Waals surface area (Å²) in [6, 6.07) is 0. The maximum Gasteiger partial charge on any atom is 0.257 e. The molecule has 0 saturated heterocycles. The number of hydrogen-bond donors (Lipinski definition) is 1. The van der Waals surface area contributed by atoms with Crippen LogP contribution in [0.2, 0.25) is 0 Å². The molecule has 0 aliphatic rings. The molecule has 0 aromatic carbocycles. The third kappa shape index (κ3) is 3.28. The number of rotatable bonds is 6. The first kappa shape index (κ1) is 12.5. The molecule has 0 bridgehead atoms. The van der Waals surface area contributed by atoms with Crippen molar-refractivity contribution in [2.24, 2.45) is 0 Å². The highest BCUT2D eigenvalue weighted by Crippen LogP contribution is 2.08. The van der Waals surface area contributed by atoms with E-state index in [1.165, 1.54) is 4.68 Å². The molecular formula is C11H15F2N5. The highest BCUT2D eigenvalue weighted by molar-refractivity contribution is 5.38. The van der Waals surface area contributed by atoms with Crippen LogP contribution in [0.1, 0.15) is 12.5 Å². The molecule has 1 N–H and O–H groups in total. The normalized spacial score (nSPS) is 11.1. The molecule has 2 aromatic rings. The molecule has 0 atom stereocenters. The van der Waals surface area contributed by atoms with E-state index in [1.807, 2.05) is 17.8 Å². The smallest absolute Gasteiger partial charge is 0.257 e. The monoisotopic (exact) mass is 255 g/mol. The molecule has 0 radical (unpaired) electrons. The summed E-state index contributed by atoms with van der Waals surface area (Å²) in [7, 11) is 0. The third-order valence-corrected chi connectivity index (χ3v) is 2.47. The first-order valence-corrected chi connectivity index (χ1v) is 5.73. The highest BCUT2D eigenvalue weighted by atomic mass is 19.3. The molecule has 0 unspecified atom stereocenters. The maximum atomic E-state index is 12.1. The molecule has 5 nitrogen and oxygen atoms in total. The van der Waals surface area contributed by atoms with Crippen LogP contribution in [0.15, 0.2) is 24.8 Å². The number of aryl methyl sites for hydroxylation is 1. The predicted octanol–water partition coefficient (Wildman–Crippen LogP) is 1.98. The van der Waals surface area contributed by atoms with Crippen molar-refractivity contribution >= 4 is 5.69 Å². The van der Waals surface area contributed by atoms with Gasteiger partial charge in [0.15, 0.2) is 0 Å². The van der Waals surface area contributed by atoms with Crippen LogP contribution in [0.4, 0.5) is 14.5 Å². The van der Waals surface area contributed by atoms with Crippen LogP contribution in [-0.2, 0) is 19.6 Å². The van der Waals surface area contributed by atoms with Gasteiger partial charge in [-0.15, -0.1) is 0 Å². The summed E-state index contributed by atoms with van der Waals surface area (Å²) in [4.78, 5) is 0. The van der Waals surface area contributed by atoms with Gasteiger partial charge < -0.3 is 5.32 Å². The molecule has 2 rings (SSSR count). The molecule has 0 saturated carbocycles. The molecule has 18 heavy (non-hydrogen) atoms. The number of halogens is 2. The summed E-state index contributed by atoms with van der Waals surface area (Å²) in [5, 5.41) is 11.1. The van der Waals surface area contributed by atoms with Crippen molar-refractivity contribution in [1.82, 2.24) is 19.6 Å². The number of hydrogen-bond acceptors (Lipinski definition) is 3. The lowest BCUT2D eigenvalue weighted by Gasteiger charge is -2.00. The standard InChI is InChI=1S/C11H15F2N5/c1-2-17-7-10(5-16-17)14-3-9-4-15-18(6-9)8-11(12)13/h4-7,11,14H,2-3,8H2,1H3. The van der Waals surface area contributed by atoms with E-state index in [4.69, 9.17) is 0 Å². The van der Waals surface area contributed by atoms with Gasteiger partial charge in [0.1, 0.15) is 6.54 Å². The molecule has 0 aliphatic heterocycles. The van der Waals surface area contributed by atoms with Crippen LogP contribution in [0, 0.1) is 0 Å². The van der Waals surface area contributed by atoms with Gasteiger partial charge in [-0.1, -0.05) is 0 Å². The largest absolute Gasteiger partial charge is 0.378 e. The molecular weight excluding hydrogens is 240 g/mol. The van der Waals surface area contributed by atoms with E-state index in [0.29, 0.717) is 6.54 Å². The number of alkyl halides is 2. The second kappa shape index (κ2) is 5.61. The summed E-state index contributed by atoms with van der Waals surface area (Å²) < 4.78 is 27.3. The van der Waals surface area contributed by atoms with Gasteiger partial charge in [0.2, 0.25) is 0 Å². The number of anilines is 1. The Bertz CT molecular complexity index is 491. The summed E-state index contributed by atoms with van der Waals surface area (Å²) in [5.41, 5.74) is 1.76. The Morgan fingerprint density at radius 3 is 2.67 bits per heavy atom. The van der Waals surface area contributed by atoms with Crippen LogP contribution < -0.4 is 5.32 Å². The van der Waals surface area contributed by atoms with E-state index in [9.17, 15) is 8.78 Å². The topological polar surface area (TPSA) is 47.7 Å². The van der Waals surface area contributed by atoms with Crippen LogP contribution >= 0.6 is 0 Å². The third-order valence-electron chi connectivity index (χ3n) is 2.47. The molecule has 0 amide bonds. The Labute approximate surface area is 103 Å². The summed E-state index contributed by atoms with van der Waals surface area (Å²) in [5.74, 6) is 0. The quantitative estimate of drug-likeness (QED) is 0.858. The first-order chi connectivity index (χ1) is 8.67. The molecule has 98 valence electrons. The predicted molar refractivity (Wildman–Crippen MR) is 63.5 cm³/mol. The van der Waals surface area contributed by atoms with Crippen molar-refractivity contribution in [2.45, 2.75) is 33.0 Å². The van der Waals surface area contributed by atoms with Gasteiger partial charge in [-0.2, -0.15) is 10.2 Å². The number of aromatic nitrogens is 4. The Kier molecular flexibility index (Phi) is 3.91. The van der Waals surface area contributed by atoms with Gasteiger partial charge >= 0.3 is 0 Å². The zero-order valence-electron chi connectivity index (χ0n) is 10.1. The SMILES string of the molecule is CCn1cc(NCc2cnn(CC(F)F)c2)cn1. The van der Waals surface area contributed by atoms with Crippen molar-refractivity contribution < 1.29 is 8.78 Å². The van der Waals surface area contributed by atoms with Gasteiger partial charge in [0.05, 0.1) is 18.1 Å². The van der Waals surface area contributed by atoms with Crippen LogP contribution in [0.5, 0.6) is 0 Å². The van der Waals surface area contributed by atoms with Gasteiger partial charge in [-0.25, -0.2) is 8.78 Å². The van der Waals surface area contributed by atoms with E-state index in [1.54, 1.807) is 18.6 Å². The van der Waals surface area contributed by atoms with E-state index in [0.717, 1.165) is 17.8 Å². The van der Waals surface area contributed by atoms with Crippen molar-refractivity contribution in [1.29, 1.82) is 0 Å². The van der Waals surface area contributed by atoms with Crippen LogP contribution in [0.3, 0.4) is 0 Å². The van der Waals surface area contributed by atoms with Gasteiger partial charge in [-0.05, 0) is 6.92 Å². The van der Waals surface area contributed by atoms with Crippen LogP contribution in [0.25, 0.3) is 0 Å². The lowest BCUT2D eigenvalue weighted by atomic mass is 10.3. The zero-order valence-corrected chi connectivity index (χ0v) is 10.1. The van der Waals surface area contributed by atoms with Gasteiger partial charge in [-0.3, -0.25) is 9.36 Å². The van der Waals surface area contributed by atoms with Crippen LogP contribution in [-0.4, -0.2) is 26.0 Å². The number of nitrogens with zero attached hydrogens (tertiary/aromatic N) is 4. The fraction of sp³-hybridized carbons (Fsp3) is 0.455. The van der Waals surface area contributed by atoms with Crippen molar-refractivity contribution in [3.63, 3.8) is 0 Å². The Morgan fingerprint density at radius 2 is 2.00 bits per heavy atom. The van der Waals surface area contributed by atoms with Crippen molar-refractivity contribution in [2.75, 3.05) is 5.32 Å². The molecule has 0 aliphatic carbocycles. The first-order valence-electron chi connectivity index (χ1n) is 5.73. The van der Waals surface area contributed by atoms with Crippen molar-refractivity contribution in [3.8, 4) is 0 Å². The molecule has 2 aromatic heterocycles. The molecule has 0 spiro atoms. The van der Waals surface area contributed by atoms with E-state index < -0.39 is 6.43 Å². The van der Waals surface area contributed by atoms with E-state index >= 15 is 0 Å². The summed E-state index contributed by atoms with van der Waals surface area (Å²) in [6.07, 6.45) is 4.44. The minimum absolute atomic E-state index is 0.367. The molecule has 7 heteroatoms. The lowest BCUT2D eigenvalue weighted by Crippen LogP contribution is -2.06. The van der Waals surface area contributed by atoms with E-state index in [-0.39, 0.29) is 6.54 Å². The maximum absolute atomic E-state index is 12.1. The highest BCUT2D eigenvalue weighted by Gasteiger charge is 2.05. The minimum Gasteiger partial charge on any atom is -0.378 e. The second-order valence-corrected chi connectivity index (χ2v) is 3.90. The molecule has 2 heterocycles. The molecule has 0 fully saturated rings. The Morgan fingerprint density at radius 1 is 1.22 bits per heavy atom. The minimum atomic E-state index is -2.38. The average Bonchev–Trinajstić information content (AvgIpc) is 2.94. The Hall–Kier alpha value is -1.92. The van der Waals surface area contributed by atoms with E-state index in [2.05, 4.69) is 15.5 Å². The fourth-order valence-corrected chi connectivity index (χ4v) is 1.57. The lowest BCUT2D eigenvalue weighted by molar-refractivity contribution is 0.122. The fourth-order valence-electron chi connectivity index (χ4n) is 1.57. The zero-order chi connectivity index (χ0) is 13.0. The van der Waals surface area contributed by atoms with Gasteiger partial charge in [0, 0.05) is 31.0 Å². The second-order valence-electron chi connectivity index (χ2n) is 3.90. The summed E-state index contributed by atoms with van der Waals surface area (Å²) >= 11 is 0. The number of nitrogens with one attached hydrogen (secondary N) is 1. The van der Waals surface area contributed by atoms with Gasteiger partial charge in [0.25, 0.3) is 6.43 Å². The average molecular weight is 255 g/mol. The van der Waals surface area contributed by atoms with Crippen molar-refractivity contribution in [3.05, 3.63) is 30.4 Å². The summed E-state index contributed by atoms with van der Waals surface area (Å²) in [6.45, 7) is 2.99. The Balaban J connectivity index is 1.87.